The van der Waals surface area contributed by atoms with Gasteiger partial charge in [0, 0.05) is 24.9 Å². The number of unbranched alkanes of at least 4 members (excludes halogenated alkanes) is 1. The van der Waals surface area contributed by atoms with E-state index < -0.39 is 44.4 Å². The molecule has 0 radical (unpaired) electrons. The van der Waals surface area contributed by atoms with Gasteiger partial charge in [-0.15, -0.1) is 0 Å². The van der Waals surface area contributed by atoms with Crippen molar-refractivity contribution in [2.24, 2.45) is 5.92 Å². The smallest absolute Gasteiger partial charge is 0.416 e. The fourth-order valence-electron chi connectivity index (χ4n) is 6.11. The van der Waals surface area contributed by atoms with Crippen LogP contribution in [0, 0.1) is 5.92 Å². The summed E-state index contributed by atoms with van der Waals surface area (Å²) >= 11 is 0. The van der Waals surface area contributed by atoms with E-state index in [2.05, 4.69) is 20.8 Å². The second-order valence-electron chi connectivity index (χ2n) is 11.0. The van der Waals surface area contributed by atoms with Crippen molar-refractivity contribution in [3.8, 4) is 0 Å². The second-order valence-corrected chi connectivity index (χ2v) is 16.6. The van der Waals surface area contributed by atoms with Crippen LogP contribution in [0.5, 0.6) is 0 Å². The maximum absolute atomic E-state index is 13.3. The number of alkyl halides is 6. The van der Waals surface area contributed by atoms with Gasteiger partial charge in [0.15, 0.2) is 0 Å². The third-order valence-corrected chi connectivity index (χ3v) is 14.7. The Labute approximate surface area is 224 Å². The molecule has 0 bridgehead atoms. The van der Waals surface area contributed by atoms with E-state index in [-0.39, 0.29) is 24.8 Å². The Morgan fingerprint density at radius 2 is 1.61 bits per heavy atom. The van der Waals surface area contributed by atoms with Gasteiger partial charge in [-0.2, -0.15) is 26.3 Å². The topological polar surface area (TPSA) is 40.5 Å². The predicted molar refractivity (Wildman–Crippen MR) is 141 cm³/mol. The molecule has 10 heteroatoms. The molecule has 1 aliphatic rings. The van der Waals surface area contributed by atoms with E-state index in [4.69, 9.17) is 0 Å². The third-order valence-electron chi connectivity index (χ3n) is 8.81. The lowest BCUT2D eigenvalue weighted by atomic mass is 9.83. The molecule has 218 valence electrons. The molecule has 2 rings (SSSR count). The van der Waals surface area contributed by atoms with Crippen molar-refractivity contribution >= 4 is 14.0 Å². The Balaban J connectivity index is 2.27. The Kier molecular flexibility index (Phi) is 12.2. The number of benzene rings is 1. The van der Waals surface area contributed by atoms with Crippen molar-refractivity contribution in [1.82, 2.24) is 4.90 Å². The first-order valence-corrected chi connectivity index (χ1v) is 16.8. The lowest BCUT2D eigenvalue weighted by molar-refractivity contribution is -0.141. The summed E-state index contributed by atoms with van der Waals surface area (Å²) < 4.78 is 79.2. The minimum atomic E-state index is -4.49. The average Bonchev–Trinajstić information content (AvgIpc) is 2.85. The summed E-state index contributed by atoms with van der Waals surface area (Å²) in [5.74, 6) is -1.12. The molecule has 0 spiro atoms. The number of nitrogens with zero attached hydrogens (tertiary/aromatic N) is 1. The highest BCUT2D eigenvalue weighted by molar-refractivity contribution is 6.79. The van der Waals surface area contributed by atoms with Crippen LogP contribution in [0.3, 0.4) is 0 Å². The van der Waals surface area contributed by atoms with Crippen LogP contribution in [0.15, 0.2) is 24.3 Å². The van der Waals surface area contributed by atoms with Crippen LogP contribution in [-0.2, 0) is 11.0 Å². The minimum Gasteiger partial charge on any atom is -0.481 e. The van der Waals surface area contributed by atoms with Gasteiger partial charge in [-0.1, -0.05) is 69.9 Å². The fraction of sp³-hybridized carbons (Fsp3) is 0.750. The van der Waals surface area contributed by atoms with Crippen LogP contribution in [0.4, 0.5) is 26.3 Å². The maximum atomic E-state index is 13.3. The zero-order valence-corrected chi connectivity index (χ0v) is 23.8. The molecule has 0 aromatic heterocycles. The number of carboxylic acids is 1. The van der Waals surface area contributed by atoms with Gasteiger partial charge in [0.05, 0.1) is 13.6 Å². The Bertz CT molecular complexity index is 846. The Morgan fingerprint density at radius 3 is 2.11 bits per heavy atom. The molecule has 1 aromatic carbocycles. The summed E-state index contributed by atoms with van der Waals surface area (Å²) in [4.78, 5) is 13.4. The molecule has 3 atom stereocenters. The molecular formula is C28H43F6NO2Si. The number of carboxylic acid groups (broad SMARTS) is 1. The molecule has 1 heterocycles. The molecule has 1 fully saturated rings. The van der Waals surface area contributed by atoms with Crippen LogP contribution < -0.4 is 0 Å². The second kappa shape index (κ2) is 14.2. The van der Waals surface area contributed by atoms with Crippen LogP contribution in [0.25, 0.3) is 0 Å². The lowest BCUT2D eigenvalue weighted by Gasteiger charge is -2.44. The molecule has 0 aliphatic carbocycles. The van der Waals surface area contributed by atoms with E-state index in [9.17, 15) is 36.2 Å². The molecule has 1 aromatic rings. The van der Waals surface area contributed by atoms with E-state index in [1.165, 1.54) is 30.3 Å². The molecule has 0 saturated carbocycles. The highest BCUT2D eigenvalue weighted by Gasteiger charge is 2.38. The SMILES string of the molecule is CC[Si](CC)(CC)CCCC[C@H](CCC(F)(F)F)N1CC[C@@H](CC(=O)O)C[C@H]1c1ccc(C(F)(F)F)cc1. The first-order chi connectivity index (χ1) is 17.7. The molecule has 1 saturated heterocycles. The van der Waals surface area contributed by atoms with Gasteiger partial charge in [0.2, 0.25) is 0 Å². The van der Waals surface area contributed by atoms with Gasteiger partial charge in [-0.05, 0) is 55.8 Å². The highest BCUT2D eigenvalue weighted by Crippen LogP contribution is 2.41. The van der Waals surface area contributed by atoms with Crippen LogP contribution >= 0.6 is 0 Å². The number of hydrogen-bond acceptors (Lipinski definition) is 2. The largest absolute Gasteiger partial charge is 0.481 e. The summed E-state index contributed by atoms with van der Waals surface area (Å²) in [5.41, 5.74) is -0.186. The summed E-state index contributed by atoms with van der Waals surface area (Å²) in [5, 5.41) is 9.31. The van der Waals surface area contributed by atoms with Crippen molar-refractivity contribution < 1.29 is 36.2 Å². The first-order valence-electron chi connectivity index (χ1n) is 13.9. The summed E-state index contributed by atoms with van der Waals surface area (Å²) in [6.45, 7) is 7.15. The van der Waals surface area contributed by atoms with E-state index >= 15 is 0 Å². The van der Waals surface area contributed by atoms with Gasteiger partial charge in [0.1, 0.15) is 0 Å². The maximum Gasteiger partial charge on any atom is 0.416 e. The Hall–Kier alpha value is -1.55. The molecule has 1 aliphatic heterocycles. The van der Waals surface area contributed by atoms with Crippen molar-refractivity contribution in [3.63, 3.8) is 0 Å². The van der Waals surface area contributed by atoms with Gasteiger partial charge in [-0.3, -0.25) is 9.69 Å². The number of rotatable bonds is 14. The predicted octanol–water partition coefficient (Wildman–Crippen LogP) is 9.32. The van der Waals surface area contributed by atoms with Crippen molar-refractivity contribution in [2.45, 2.75) is 121 Å². The number of likely N-dealkylation sites (tertiary alicyclic amines) is 1. The summed E-state index contributed by atoms with van der Waals surface area (Å²) in [6.07, 6.45) is -6.49. The van der Waals surface area contributed by atoms with Gasteiger partial charge in [0.25, 0.3) is 0 Å². The molecule has 38 heavy (non-hydrogen) atoms. The highest BCUT2D eigenvalue weighted by atomic mass is 28.3. The minimum absolute atomic E-state index is 0.0596. The van der Waals surface area contributed by atoms with Gasteiger partial charge in [-0.25, -0.2) is 0 Å². The Morgan fingerprint density at radius 1 is 1.00 bits per heavy atom. The molecule has 0 unspecified atom stereocenters. The standard InChI is InChI=1S/C28H43F6NO2Si/c1-4-38(5-2,6-3)18-8-7-9-24(14-16-27(29,30)31)35-17-15-21(20-26(36)37)19-25(35)22-10-12-23(13-11-22)28(32,33)34/h10-13,21,24-25H,4-9,14-20H2,1-3H3,(H,36,37)/t21-,24-,25+/m1/s1. The molecule has 1 N–H and O–H groups in total. The van der Waals surface area contributed by atoms with Crippen molar-refractivity contribution in [3.05, 3.63) is 35.4 Å². The quantitative estimate of drug-likeness (QED) is 0.138. The number of hydrogen-bond donors (Lipinski definition) is 1. The van der Waals surface area contributed by atoms with Crippen LogP contribution in [0.2, 0.25) is 24.2 Å². The van der Waals surface area contributed by atoms with Crippen LogP contribution in [-0.4, -0.2) is 42.8 Å². The lowest BCUT2D eigenvalue weighted by Crippen LogP contribution is -2.44. The fourth-order valence-corrected chi connectivity index (χ4v) is 9.67. The van der Waals surface area contributed by atoms with E-state index in [0.717, 1.165) is 31.0 Å². The number of carbonyl (C=O) groups is 1. The zero-order valence-electron chi connectivity index (χ0n) is 22.8. The van der Waals surface area contributed by atoms with Crippen molar-refractivity contribution in [2.75, 3.05) is 6.54 Å². The summed E-state index contributed by atoms with van der Waals surface area (Å²) in [7, 11) is -1.33. The zero-order chi connectivity index (χ0) is 28.6. The van der Waals surface area contributed by atoms with E-state index in [1.54, 1.807) is 0 Å². The van der Waals surface area contributed by atoms with Crippen molar-refractivity contribution in [1.29, 1.82) is 0 Å². The van der Waals surface area contributed by atoms with E-state index in [0.29, 0.717) is 31.4 Å². The number of aliphatic carboxylic acids is 1. The average molecular weight is 568 g/mol. The number of halogens is 6. The van der Waals surface area contributed by atoms with Crippen LogP contribution in [0.1, 0.15) is 89.3 Å². The third kappa shape index (κ3) is 9.88. The summed E-state index contributed by atoms with van der Waals surface area (Å²) in [6, 6.07) is 8.78. The number of piperidine rings is 1. The molecule has 3 nitrogen and oxygen atoms in total. The van der Waals surface area contributed by atoms with Gasteiger partial charge >= 0.3 is 18.3 Å². The van der Waals surface area contributed by atoms with E-state index in [1.807, 2.05) is 4.90 Å². The molecular weight excluding hydrogens is 524 g/mol. The van der Waals surface area contributed by atoms with Gasteiger partial charge < -0.3 is 5.11 Å². The normalized spacial score (nSPS) is 20.4. The first kappa shape index (κ1) is 32.7. The molecule has 0 amide bonds. The monoisotopic (exact) mass is 567 g/mol.